The molecule has 10 heteroatoms. The summed E-state index contributed by atoms with van der Waals surface area (Å²) in [6.07, 6.45) is -2.95. The van der Waals surface area contributed by atoms with Crippen LogP contribution in [0.3, 0.4) is 0 Å². The van der Waals surface area contributed by atoms with Gasteiger partial charge >= 0.3 is 0 Å². The summed E-state index contributed by atoms with van der Waals surface area (Å²) in [5.74, 6) is -0.582. The lowest BCUT2D eigenvalue weighted by Crippen LogP contribution is -2.54. The average molecular weight is 449 g/mol. The fraction of sp³-hybridized carbons (Fsp3) is 0.286. The van der Waals surface area contributed by atoms with Crippen molar-refractivity contribution < 1.29 is 24.2 Å². The predicted octanol–water partition coefficient (Wildman–Crippen LogP) is 1.13. The van der Waals surface area contributed by atoms with Gasteiger partial charge < -0.3 is 30.5 Å². The summed E-state index contributed by atoms with van der Waals surface area (Å²) in [6.45, 7) is 0.913. The maximum absolute atomic E-state index is 12.8. The molecule has 5 N–H and O–H groups in total. The highest BCUT2D eigenvalue weighted by atomic mass is 35.5. The number of aliphatic hydroxyl groups is 1. The fourth-order valence-electron chi connectivity index (χ4n) is 3.07. The Labute approximate surface area is 186 Å². The van der Waals surface area contributed by atoms with Crippen LogP contribution in [0.15, 0.2) is 48.5 Å². The smallest absolute Gasteiger partial charge is 0.256 e. The number of nitrogens with one attached hydrogen (secondary N) is 2. The number of benzene rings is 2. The Bertz CT molecular complexity index is 920. The molecule has 1 fully saturated rings. The zero-order valence-corrected chi connectivity index (χ0v) is 17.7. The molecule has 2 aromatic carbocycles. The molecule has 3 rings (SSSR count). The van der Waals surface area contributed by atoms with E-state index in [1.54, 1.807) is 48.4 Å². The Kier molecular flexibility index (Phi) is 8.38. The molecule has 1 aliphatic heterocycles. The highest BCUT2D eigenvalue weighted by molar-refractivity contribution is 5.99. The summed E-state index contributed by atoms with van der Waals surface area (Å²) >= 11 is 0. The molecule has 0 radical (unpaired) electrons. The summed E-state index contributed by atoms with van der Waals surface area (Å²) < 4.78 is 10.5. The number of aliphatic hydroxyl groups excluding tert-OH is 1. The number of amides is 2. The molecule has 2 atom stereocenters. The van der Waals surface area contributed by atoms with Crippen LogP contribution in [-0.2, 0) is 20.9 Å². The molecule has 0 bridgehead atoms. The van der Waals surface area contributed by atoms with Gasteiger partial charge in [-0.1, -0.05) is 12.1 Å². The third-order valence-electron chi connectivity index (χ3n) is 4.77. The molecule has 2 amide bonds. The van der Waals surface area contributed by atoms with E-state index in [1.165, 1.54) is 0 Å². The monoisotopic (exact) mass is 448 g/mol. The van der Waals surface area contributed by atoms with Crippen LogP contribution >= 0.6 is 12.4 Å². The topological polar surface area (TPSA) is 138 Å². The van der Waals surface area contributed by atoms with Crippen molar-refractivity contribution in [2.45, 2.75) is 18.8 Å². The number of anilines is 1. The Morgan fingerprint density at radius 3 is 2.52 bits per heavy atom. The second-order valence-corrected chi connectivity index (χ2v) is 6.82. The van der Waals surface area contributed by atoms with E-state index >= 15 is 0 Å². The Balaban J connectivity index is 0.00000341. The van der Waals surface area contributed by atoms with Crippen LogP contribution in [-0.4, -0.2) is 60.1 Å². The largest absolute Gasteiger partial charge is 0.497 e. The van der Waals surface area contributed by atoms with Crippen molar-refractivity contribution in [2.24, 2.45) is 5.73 Å². The molecule has 31 heavy (non-hydrogen) atoms. The first-order valence-electron chi connectivity index (χ1n) is 9.35. The standard InChI is InChI=1S/C21H24N4O5.ClH/c1-29-16-8-2-13(3-9-16)12-25-10-11-30-18(21(25)28)17(26)20(27)24-15-6-4-14(5-7-15)19(22)23;/h2-9,17-18,26H,10-12H2,1H3,(H3,22,23)(H,24,27);1H/t17?,18-;/m1./s1. The zero-order valence-electron chi connectivity index (χ0n) is 16.9. The van der Waals surface area contributed by atoms with Crippen molar-refractivity contribution in [2.75, 3.05) is 25.6 Å². The molecule has 0 aliphatic carbocycles. The molecule has 0 aromatic heterocycles. The average Bonchev–Trinajstić information content (AvgIpc) is 2.75. The minimum Gasteiger partial charge on any atom is -0.497 e. The van der Waals surface area contributed by atoms with Gasteiger partial charge in [-0.15, -0.1) is 12.4 Å². The third-order valence-corrected chi connectivity index (χ3v) is 4.77. The minimum absolute atomic E-state index is 0. The van der Waals surface area contributed by atoms with Gasteiger partial charge in [0.1, 0.15) is 11.6 Å². The number of nitrogens with zero attached hydrogens (tertiary/aromatic N) is 1. The number of amidine groups is 1. The van der Waals surface area contributed by atoms with Crippen LogP contribution in [0.2, 0.25) is 0 Å². The first-order valence-corrected chi connectivity index (χ1v) is 9.35. The maximum Gasteiger partial charge on any atom is 0.256 e. The number of morpholine rings is 1. The number of ether oxygens (including phenoxy) is 2. The molecule has 2 aromatic rings. The molecule has 1 saturated heterocycles. The second kappa shape index (κ2) is 10.8. The van der Waals surface area contributed by atoms with Gasteiger partial charge in [-0.25, -0.2) is 0 Å². The van der Waals surface area contributed by atoms with Gasteiger partial charge in [-0.3, -0.25) is 15.0 Å². The van der Waals surface area contributed by atoms with Crippen LogP contribution in [0.25, 0.3) is 0 Å². The van der Waals surface area contributed by atoms with Crippen molar-refractivity contribution in [3.8, 4) is 5.75 Å². The van der Waals surface area contributed by atoms with Crippen LogP contribution in [0.1, 0.15) is 11.1 Å². The van der Waals surface area contributed by atoms with Gasteiger partial charge in [0.15, 0.2) is 12.2 Å². The molecule has 1 aliphatic rings. The first-order chi connectivity index (χ1) is 14.4. The fourth-order valence-corrected chi connectivity index (χ4v) is 3.07. The van der Waals surface area contributed by atoms with Crippen LogP contribution in [0.4, 0.5) is 5.69 Å². The molecule has 9 nitrogen and oxygen atoms in total. The number of halogens is 1. The van der Waals surface area contributed by atoms with Gasteiger partial charge in [0, 0.05) is 24.3 Å². The van der Waals surface area contributed by atoms with Crippen LogP contribution < -0.4 is 15.8 Å². The van der Waals surface area contributed by atoms with Crippen LogP contribution in [0.5, 0.6) is 5.75 Å². The van der Waals surface area contributed by atoms with E-state index < -0.39 is 24.0 Å². The highest BCUT2D eigenvalue weighted by Gasteiger charge is 2.38. The summed E-state index contributed by atoms with van der Waals surface area (Å²) in [7, 11) is 1.58. The van der Waals surface area contributed by atoms with Gasteiger partial charge in [-0.05, 0) is 42.0 Å². The van der Waals surface area contributed by atoms with E-state index in [0.717, 1.165) is 5.56 Å². The lowest BCUT2D eigenvalue weighted by Gasteiger charge is -2.34. The molecular formula is C21H25ClN4O5. The Morgan fingerprint density at radius 1 is 1.29 bits per heavy atom. The molecular weight excluding hydrogens is 424 g/mol. The number of hydrogen-bond donors (Lipinski definition) is 4. The van der Waals surface area contributed by atoms with Gasteiger partial charge in [-0.2, -0.15) is 0 Å². The summed E-state index contributed by atoms with van der Waals surface area (Å²) in [5, 5.41) is 20.3. The first kappa shape index (κ1) is 24.1. The molecule has 1 unspecified atom stereocenters. The van der Waals surface area contributed by atoms with E-state index in [2.05, 4.69) is 5.32 Å². The number of methoxy groups -OCH3 is 1. The van der Waals surface area contributed by atoms with Gasteiger partial charge in [0.05, 0.1) is 13.7 Å². The summed E-state index contributed by atoms with van der Waals surface area (Å²) in [6, 6.07) is 13.6. The van der Waals surface area contributed by atoms with Crippen molar-refractivity contribution >= 4 is 35.7 Å². The maximum atomic E-state index is 12.8. The minimum atomic E-state index is -1.66. The van der Waals surface area contributed by atoms with E-state index in [4.69, 9.17) is 20.6 Å². The summed E-state index contributed by atoms with van der Waals surface area (Å²) in [5.41, 5.74) is 7.21. The van der Waals surface area contributed by atoms with Crippen molar-refractivity contribution in [3.05, 3.63) is 59.7 Å². The number of hydrogen-bond acceptors (Lipinski definition) is 6. The van der Waals surface area contributed by atoms with Crippen molar-refractivity contribution in [3.63, 3.8) is 0 Å². The quantitative estimate of drug-likeness (QED) is 0.370. The van der Waals surface area contributed by atoms with E-state index in [0.29, 0.717) is 30.1 Å². The third kappa shape index (κ3) is 5.94. The lowest BCUT2D eigenvalue weighted by atomic mass is 10.1. The number of carbonyl (C=O) groups is 2. The summed E-state index contributed by atoms with van der Waals surface area (Å²) in [4.78, 5) is 26.7. The second-order valence-electron chi connectivity index (χ2n) is 6.82. The number of nitrogens with two attached hydrogens (primary N) is 1. The number of rotatable bonds is 7. The predicted molar refractivity (Wildman–Crippen MR) is 117 cm³/mol. The van der Waals surface area contributed by atoms with Crippen LogP contribution in [0, 0.1) is 5.41 Å². The zero-order chi connectivity index (χ0) is 21.7. The molecule has 1 heterocycles. The molecule has 0 saturated carbocycles. The van der Waals surface area contributed by atoms with E-state index in [-0.39, 0.29) is 24.8 Å². The van der Waals surface area contributed by atoms with Crippen molar-refractivity contribution in [1.82, 2.24) is 4.90 Å². The molecule has 0 spiro atoms. The highest BCUT2D eigenvalue weighted by Crippen LogP contribution is 2.18. The van der Waals surface area contributed by atoms with Crippen molar-refractivity contribution in [1.29, 1.82) is 5.41 Å². The normalized spacial score (nSPS) is 16.8. The Hall–Kier alpha value is -3.14. The van der Waals surface area contributed by atoms with E-state index in [9.17, 15) is 14.7 Å². The molecule has 166 valence electrons. The number of carbonyl (C=O) groups excluding carboxylic acids is 2. The van der Waals surface area contributed by atoms with E-state index in [1.807, 2.05) is 12.1 Å². The number of nitrogen functional groups attached to an aromatic ring is 1. The van der Waals surface area contributed by atoms with Gasteiger partial charge in [0.25, 0.3) is 11.8 Å². The lowest BCUT2D eigenvalue weighted by molar-refractivity contribution is -0.166. The van der Waals surface area contributed by atoms with Gasteiger partial charge in [0.2, 0.25) is 0 Å². The SMILES string of the molecule is COc1ccc(CN2CCO[C@H](C(O)C(=O)Nc3ccc(C(=N)N)cc3)C2=O)cc1.Cl. The Morgan fingerprint density at radius 2 is 1.94 bits per heavy atom.